The Balaban J connectivity index is 1.89. The molecule has 0 aliphatic rings. The standard InChI is InChI=1S/C33H41FN4O8/c1-4-44-29(39)12-13-30(40)46-20-45-28(18-22(31(35)41)14-15-33(2,3)43)26(17-21-8-7-9-23(34)16-21)38-32(42)27-19-36-24-10-5-6-11-25(24)37-27/h5-11,16,19,22,26,28,43H,4,12-15,17-18,20H2,1-3H3,(H2,35,41)(H,38,42)/t22?,26-,28?/m0/s1. The van der Waals surface area contributed by atoms with Gasteiger partial charge in [0.15, 0.2) is 6.79 Å². The van der Waals surface area contributed by atoms with Crippen molar-refractivity contribution in [3.05, 3.63) is 71.8 Å². The minimum absolute atomic E-state index is 0.0144. The molecule has 0 radical (unpaired) electrons. The van der Waals surface area contributed by atoms with E-state index in [0.717, 1.165) is 0 Å². The Morgan fingerprint density at radius 2 is 1.72 bits per heavy atom. The number of nitrogens with two attached hydrogens (primary N) is 1. The van der Waals surface area contributed by atoms with Crippen LogP contribution in [0.3, 0.4) is 0 Å². The highest BCUT2D eigenvalue weighted by molar-refractivity contribution is 5.94. The van der Waals surface area contributed by atoms with Crippen LogP contribution in [0.2, 0.25) is 0 Å². The predicted molar refractivity (Wildman–Crippen MR) is 165 cm³/mol. The summed E-state index contributed by atoms with van der Waals surface area (Å²) in [6.07, 6.45) is 0.386. The lowest BCUT2D eigenvalue weighted by atomic mass is 9.87. The molecule has 2 amide bonds. The van der Waals surface area contributed by atoms with Crippen molar-refractivity contribution in [2.75, 3.05) is 13.4 Å². The molecule has 3 aromatic rings. The molecule has 1 aromatic heterocycles. The van der Waals surface area contributed by atoms with E-state index in [2.05, 4.69) is 15.3 Å². The van der Waals surface area contributed by atoms with Crippen molar-refractivity contribution < 1.29 is 42.9 Å². The summed E-state index contributed by atoms with van der Waals surface area (Å²) < 4.78 is 30.2. The molecule has 4 N–H and O–H groups in total. The smallest absolute Gasteiger partial charge is 0.308 e. The third-order valence-electron chi connectivity index (χ3n) is 7.16. The minimum atomic E-state index is -1.08. The van der Waals surface area contributed by atoms with Gasteiger partial charge in [0.25, 0.3) is 5.91 Å². The second kappa shape index (κ2) is 17.3. The summed E-state index contributed by atoms with van der Waals surface area (Å²) in [5.41, 5.74) is 6.28. The van der Waals surface area contributed by atoms with E-state index in [-0.39, 0.29) is 50.8 Å². The Hall–Kier alpha value is -4.49. The van der Waals surface area contributed by atoms with Crippen molar-refractivity contribution >= 4 is 34.8 Å². The van der Waals surface area contributed by atoms with Gasteiger partial charge >= 0.3 is 11.9 Å². The summed E-state index contributed by atoms with van der Waals surface area (Å²) in [7, 11) is 0. The molecule has 0 saturated carbocycles. The molecular weight excluding hydrogens is 599 g/mol. The molecule has 12 nitrogen and oxygen atoms in total. The molecule has 1 heterocycles. The van der Waals surface area contributed by atoms with E-state index in [1.54, 1.807) is 51.1 Å². The first-order valence-corrected chi connectivity index (χ1v) is 15.1. The third kappa shape index (κ3) is 12.1. The average molecular weight is 641 g/mol. The van der Waals surface area contributed by atoms with Crippen LogP contribution in [0.25, 0.3) is 11.0 Å². The van der Waals surface area contributed by atoms with Crippen LogP contribution in [-0.4, -0.2) is 70.0 Å². The number of aromatic nitrogens is 2. The second-order valence-corrected chi connectivity index (χ2v) is 11.5. The fraction of sp³-hybridized carbons (Fsp3) is 0.455. The van der Waals surface area contributed by atoms with Gasteiger partial charge in [0, 0.05) is 5.92 Å². The van der Waals surface area contributed by atoms with Gasteiger partial charge in [0.1, 0.15) is 11.5 Å². The van der Waals surface area contributed by atoms with Crippen LogP contribution in [0, 0.1) is 11.7 Å². The number of fused-ring (bicyclic) bond motifs is 1. The van der Waals surface area contributed by atoms with E-state index in [1.165, 1.54) is 24.4 Å². The normalized spacial score (nSPS) is 13.4. The number of rotatable bonds is 18. The topological polar surface area (TPSA) is 180 Å². The molecule has 3 atom stereocenters. The number of amides is 2. The number of halogens is 1. The van der Waals surface area contributed by atoms with E-state index in [9.17, 15) is 28.7 Å². The lowest BCUT2D eigenvalue weighted by molar-refractivity contribution is -0.165. The maximum atomic E-state index is 14.2. The number of nitrogens with one attached hydrogen (secondary N) is 1. The number of nitrogens with zero attached hydrogens (tertiary/aromatic N) is 2. The minimum Gasteiger partial charge on any atom is -0.466 e. The van der Waals surface area contributed by atoms with Gasteiger partial charge in [0.05, 0.1) is 54.4 Å². The third-order valence-corrected chi connectivity index (χ3v) is 7.16. The number of ether oxygens (including phenoxy) is 3. The summed E-state index contributed by atoms with van der Waals surface area (Å²) in [5.74, 6) is -3.83. The first-order valence-electron chi connectivity index (χ1n) is 15.1. The highest BCUT2D eigenvalue weighted by Gasteiger charge is 2.32. The zero-order valence-corrected chi connectivity index (χ0v) is 26.2. The quantitative estimate of drug-likeness (QED) is 0.138. The molecule has 2 unspecified atom stereocenters. The summed E-state index contributed by atoms with van der Waals surface area (Å²) in [5, 5.41) is 13.2. The average Bonchev–Trinajstić information content (AvgIpc) is 3.00. The Bertz CT molecular complexity index is 1500. The number of carbonyl (C=O) groups excluding carboxylic acids is 4. The molecule has 0 spiro atoms. The summed E-state index contributed by atoms with van der Waals surface area (Å²) in [6.45, 7) is 4.46. The molecule has 0 saturated heterocycles. The largest absolute Gasteiger partial charge is 0.466 e. The monoisotopic (exact) mass is 640 g/mol. The summed E-state index contributed by atoms with van der Waals surface area (Å²) in [6, 6.07) is 11.9. The number of carbonyl (C=O) groups is 4. The molecular formula is C33H41FN4O8. The van der Waals surface area contributed by atoms with Crippen LogP contribution < -0.4 is 11.1 Å². The Labute approximate surface area is 266 Å². The van der Waals surface area contributed by atoms with Crippen molar-refractivity contribution in [2.45, 2.75) is 77.0 Å². The van der Waals surface area contributed by atoms with Crippen LogP contribution >= 0.6 is 0 Å². The Kier molecular flexibility index (Phi) is 13.5. The van der Waals surface area contributed by atoms with Crippen molar-refractivity contribution in [3.8, 4) is 0 Å². The van der Waals surface area contributed by atoms with E-state index >= 15 is 0 Å². The van der Waals surface area contributed by atoms with Gasteiger partial charge in [-0.2, -0.15) is 0 Å². The molecule has 3 rings (SSSR count). The first-order chi connectivity index (χ1) is 21.8. The molecule has 248 valence electrons. The lowest BCUT2D eigenvalue weighted by Gasteiger charge is -2.31. The number of esters is 2. The SMILES string of the molecule is CCOC(=O)CCC(=O)OCOC(CC(CCC(C)(C)O)C(N)=O)[C@H](Cc1cccc(F)c1)NC(=O)c1cnc2ccccc2n1. The van der Waals surface area contributed by atoms with Gasteiger partial charge in [-0.1, -0.05) is 24.3 Å². The maximum absolute atomic E-state index is 14.2. The van der Waals surface area contributed by atoms with Crippen LogP contribution in [0.4, 0.5) is 4.39 Å². The molecule has 0 aliphatic heterocycles. The van der Waals surface area contributed by atoms with Gasteiger partial charge in [0.2, 0.25) is 5.91 Å². The van der Waals surface area contributed by atoms with Crippen molar-refractivity contribution in [2.24, 2.45) is 11.7 Å². The highest BCUT2D eigenvalue weighted by atomic mass is 19.1. The zero-order valence-electron chi connectivity index (χ0n) is 26.2. The number of benzene rings is 2. The fourth-order valence-corrected chi connectivity index (χ4v) is 4.73. The summed E-state index contributed by atoms with van der Waals surface area (Å²) >= 11 is 0. The number of primary amides is 1. The fourth-order valence-electron chi connectivity index (χ4n) is 4.73. The van der Waals surface area contributed by atoms with Crippen LogP contribution in [0.1, 0.15) is 68.9 Å². The van der Waals surface area contributed by atoms with E-state index in [4.69, 9.17) is 19.9 Å². The predicted octanol–water partition coefficient (Wildman–Crippen LogP) is 3.38. The second-order valence-electron chi connectivity index (χ2n) is 11.5. The van der Waals surface area contributed by atoms with E-state index in [0.29, 0.717) is 16.6 Å². The Morgan fingerprint density at radius 1 is 1.02 bits per heavy atom. The van der Waals surface area contributed by atoms with Gasteiger partial charge in [-0.3, -0.25) is 24.2 Å². The Morgan fingerprint density at radius 3 is 2.37 bits per heavy atom. The first kappa shape index (κ1) is 36.0. The van der Waals surface area contributed by atoms with Crippen LogP contribution in [-0.2, 0) is 35.0 Å². The van der Waals surface area contributed by atoms with Crippen molar-refractivity contribution in [3.63, 3.8) is 0 Å². The number of hydrogen-bond donors (Lipinski definition) is 3. The van der Waals surface area contributed by atoms with Crippen LogP contribution in [0.15, 0.2) is 54.7 Å². The number of hydrogen-bond acceptors (Lipinski definition) is 10. The maximum Gasteiger partial charge on any atom is 0.308 e. The number of para-hydroxylation sites is 2. The van der Waals surface area contributed by atoms with Crippen LogP contribution in [0.5, 0.6) is 0 Å². The molecule has 0 aliphatic carbocycles. The van der Waals surface area contributed by atoms with E-state index < -0.39 is 60.0 Å². The molecule has 13 heteroatoms. The van der Waals surface area contributed by atoms with Gasteiger partial charge in [-0.25, -0.2) is 9.37 Å². The van der Waals surface area contributed by atoms with Crippen molar-refractivity contribution in [1.82, 2.24) is 15.3 Å². The van der Waals surface area contributed by atoms with E-state index in [1.807, 2.05) is 0 Å². The summed E-state index contributed by atoms with van der Waals surface area (Å²) in [4.78, 5) is 58.7. The van der Waals surface area contributed by atoms with Gasteiger partial charge < -0.3 is 30.4 Å². The lowest BCUT2D eigenvalue weighted by Crippen LogP contribution is -2.48. The van der Waals surface area contributed by atoms with Gasteiger partial charge in [-0.05, 0) is 76.3 Å². The van der Waals surface area contributed by atoms with Gasteiger partial charge in [-0.15, -0.1) is 0 Å². The van der Waals surface area contributed by atoms with Crippen molar-refractivity contribution in [1.29, 1.82) is 0 Å². The highest BCUT2D eigenvalue weighted by Crippen LogP contribution is 2.24. The molecule has 2 aromatic carbocycles. The molecule has 0 bridgehead atoms. The number of aliphatic hydroxyl groups is 1. The molecule has 46 heavy (non-hydrogen) atoms. The molecule has 0 fully saturated rings. The zero-order chi connectivity index (χ0) is 33.7.